The molecule has 50 heavy (non-hydrogen) atoms. The first kappa shape index (κ1) is 30.6. The summed E-state index contributed by atoms with van der Waals surface area (Å²) in [6.07, 6.45) is 0. The number of para-hydroxylation sites is 1. The van der Waals surface area contributed by atoms with E-state index in [0.717, 1.165) is 34.2 Å². The highest BCUT2D eigenvalue weighted by atomic mass is 16.7. The molecule has 3 aliphatic heterocycles. The van der Waals surface area contributed by atoms with Gasteiger partial charge in [0.15, 0.2) is 11.5 Å². The van der Waals surface area contributed by atoms with Gasteiger partial charge in [-0.25, -0.2) is 0 Å². The van der Waals surface area contributed by atoms with Crippen molar-refractivity contribution in [3.05, 3.63) is 139 Å². The fraction of sp³-hybridized carbons (Fsp3) is 0.200. The quantitative estimate of drug-likeness (QED) is 0.178. The molecule has 3 aliphatic rings. The average Bonchev–Trinajstić information content (AvgIpc) is 3.61. The van der Waals surface area contributed by atoms with E-state index in [9.17, 15) is 0 Å². The van der Waals surface area contributed by atoms with Crippen molar-refractivity contribution in [3.63, 3.8) is 0 Å². The van der Waals surface area contributed by atoms with Gasteiger partial charge in [0.2, 0.25) is 6.79 Å². The molecule has 0 aromatic heterocycles. The second kappa shape index (κ2) is 11.0. The van der Waals surface area contributed by atoms with Gasteiger partial charge < -0.3 is 19.3 Å². The molecule has 0 saturated heterocycles. The van der Waals surface area contributed by atoms with Gasteiger partial charge in [-0.15, -0.1) is 0 Å². The van der Waals surface area contributed by atoms with E-state index < -0.39 is 0 Å². The molecule has 5 heteroatoms. The molecule has 9 rings (SSSR count). The molecule has 0 spiro atoms. The van der Waals surface area contributed by atoms with Crippen molar-refractivity contribution in [1.29, 1.82) is 0 Å². The highest BCUT2D eigenvalue weighted by Gasteiger charge is 2.46. The Morgan fingerprint density at radius 2 is 1.14 bits per heavy atom. The van der Waals surface area contributed by atoms with E-state index in [4.69, 9.17) is 9.47 Å². The first-order chi connectivity index (χ1) is 24.1. The molecule has 246 valence electrons. The maximum atomic E-state index is 6.34. The average molecular weight is 653 g/mol. The predicted molar refractivity (Wildman–Crippen MR) is 209 cm³/mol. The summed E-state index contributed by atoms with van der Waals surface area (Å²) >= 11 is 0. The van der Waals surface area contributed by atoms with Gasteiger partial charge in [0.1, 0.15) is 0 Å². The Kier molecular flexibility index (Phi) is 6.77. The van der Waals surface area contributed by atoms with Crippen LogP contribution in [0.15, 0.2) is 127 Å². The summed E-state index contributed by atoms with van der Waals surface area (Å²) in [4.78, 5) is 4.90. The van der Waals surface area contributed by atoms with Crippen LogP contribution in [-0.2, 0) is 10.8 Å². The van der Waals surface area contributed by atoms with Crippen LogP contribution in [0.25, 0.3) is 11.1 Å². The Balaban J connectivity index is 1.41. The lowest BCUT2D eigenvalue weighted by Crippen LogP contribution is -2.61. The van der Waals surface area contributed by atoms with Gasteiger partial charge in [-0.2, -0.15) is 0 Å². The predicted octanol–water partition coefficient (Wildman–Crippen LogP) is 9.76. The standard InChI is InChI=1S/C45H41BN2O2/c1-44(2,3)31-17-20-34(21-18-31)47-37-23-19-32(45(4,5)6)27-36(37)46-35-22-24-40-43(50-28-49-40)42(35)48(33-15-11-8-12-16-33)39-26-30(25-38(47)41(39)46)29-13-9-7-10-14-29/h7-27H,28H2,1-6H3. The van der Waals surface area contributed by atoms with Crippen LogP contribution in [-0.4, -0.2) is 13.5 Å². The van der Waals surface area contributed by atoms with Crippen LogP contribution in [0.5, 0.6) is 11.5 Å². The van der Waals surface area contributed by atoms with E-state index in [-0.39, 0.29) is 24.3 Å². The van der Waals surface area contributed by atoms with E-state index >= 15 is 0 Å². The molecule has 3 heterocycles. The molecule has 0 bridgehead atoms. The Labute approximate surface area is 296 Å². The molecule has 0 saturated carbocycles. The lowest BCUT2D eigenvalue weighted by molar-refractivity contribution is 0.174. The summed E-state index contributed by atoms with van der Waals surface area (Å²) in [5.74, 6) is 1.59. The molecule has 0 N–H and O–H groups in total. The van der Waals surface area contributed by atoms with Crippen LogP contribution in [0.2, 0.25) is 0 Å². The zero-order valence-corrected chi connectivity index (χ0v) is 29.6. The van der Waals surface area contributed by atoms with Crippen LogP contribution < -0.4 is 35.7 Å². The molecular weight excluding hydrogens is 611 g/mol. The molecule has 0 unspecified atom stereocenters. The molecular formula is C45H41BN2O2. The van der Waals surface area contributed by atoms with Gasteiger partial charge in [-0.3, -0.25) is 0 Å². The van der Waals surface area contributed by atoms with Crippen molar-refractivity contribution in [2.45, 2.75) is 52.4 Å². The van der Waals surface area contributed by atoms with Crippen LogP contribution in [0.4, 0.5) is 34.1 Å². The number of rotatable bonds is 3. The number of ether oxygens (including phenoxy) is 2. The van der Waals surface area contributed by atoms with E-state index in [1.54, 1.807) is 0 Å². The van der Waals surface area contributed by atoms with Gasteiger partial charge in [0.25, 0.3) is 6.71 Å². The molecule has 0 amide bonds. The number of anilines is 6. The van der Waals surface area contributed by atoms with E-state index in [2.05, 4.69) is 179 Å². The van der Waals surface area contributed by atoms with Gasteiger partial charge in [-0.1, -0.05) is 120 Å². The van der Waals surface area contributed by atoms with E-state index in [1.165, 1.54) is 50.0 Å². The number of fused-ring (bicyclic) bond motifs is 6. The second-order valence-corrected chi connectivity index (χ2v) is 15.8. The van der Waals surface area contributed by atoms with Crippen LogP contribution in [0, 0.1) is 0 Å². The zero-order chi connectivity index (χ0) is 34.4. The lowest BCUT2D eigenvalue weighted by Gasteiger charge is -2.45. The Morgan fingerprint density at radius 3 is 1.82 bits per heavy atom. The summed E-state index contributed by atoms with van der Waals surface area (Å²) in [6.45, 7) is 13.9. The molecule has 0 fully saturated rings. The third-order valence-electron chi connectivity index (χ3n) is 10.5. The number of benzene rings is 6. The summed E-state index contributed by atoms with van der Waals surface area (Å²) in [5.41, 5.74) is 15.6. The maximum Gasteiger partial charge on any atom is 0.252 e. The summed E-state index contributed by atoms with van der Waals surface area (Å²) in [5, 5.41) is 0. The monoisotopic (exact) mass is 652 g/mol. The minimum Gasteiger partial charge on any atom is -0.454 e. The van der Waals surface area contributed by atoms with Crippen molar-refractivity contribution in [2.75, 3.05) is 16.6 Å². The first-order valence-electron chi connectivity index (χ1n) is 17.6. The Bertz CT molecular complexity index is 2270. The molecule has 6 aromatic carbocycles. The van der Waals surface area contributed by atoms with Gasteiger partial charge >= 0.3 is 0 Å². The molecule has 0 aliphatic carbocycles. The number of hydrogen-bond acceptors (Lipinski definition) is 4. The van der Waals surface area contributed by atoms with Crippen LogP contribution >= 0.6 is 0 Å². The van der Waals surface area contributed by atoms with Gasteiger partial charge in [-0.05, 0) is 98.0 Å². The third-order valence-corrected chi connectivity index (χ3v) is 10.5. The Hall–Kier alpha value is -5.42. The minimum atomic E-state index is -0.0170. The maximum absolute atomic E-state index is 6.34. The molecule has 4 nitrogen and oxygen atoms in total. The van der Waals surface area contributed by atoms with Crippen molar-refractivity contribution < 1.29 is 9.47 Å². The number of nitrogens with zero attached hydrogens (tertiary/aromatic N) is 2. The highest BCUT2D eigenvalue weighted by Crippen LogP contribution is 2.51. The van der Waals surface area contributed by atoms with Crippen molar-refractivity contribution in [2.24, 2.45) is 0 Å². The van der Waals surface area contributed by atoms with Crippen molar-refractivity contribution >= 4 is 57.2 Å². The van der Waals surface area contributed by atoms with E-state index in [0.29, 0.717) is 0 Å². The van der Waals surface area contributed by atoms with Crippen molar-refractivity contribution in [3.8, 4) is 22.6 Å². The van der Waals surface area contributed by atoms with Crippen LogP contribution in [0.3, 0.4) is 0 Å². The third kappa shape index (κ3) is 4.74. The zero-order valence-electron chi connectivity index (χ0n) is 29.6. The summed E-state index contributed by atoms with van der Waals surface area (Å²) < 4.78 is 12.4. The smallest absolute Gasteiger partial charge is 0.252 e. The summed E-state index contributed by atoms with van der Waals surface area (Å²) in [7, 11) is 0. The largest absolute Gasteiger partial charge is 0.454 e. The SMILES string of the molecule is CC(C)(C)c1ccc(N2c3ccc(C(C)(C)C)cc3B3c4ccc5c(c4N(c4ccccc4)c4cc(-c6ccccc6)cc2c43)OCO5)cc1. The topological polar surface area (TPSA) is 24.9 Å². The molecule has 0 radical (unpaired) electrons. The summed E-state index contributed by atoms with van der Waals surface area (Å²) in [6, 6.07) is 46.9. The van der Waals surface area contributed by atoms with Gasteiger partial charge in [0.05, 0.1) is 5.69 Å². The normalized spacial score (nSPS) is 14.3. The lowest BCUT2D eigenvalue weighted by atomic mass is 9.33. The van der Waals surface area contributed by atoms with Crippen LogP contribution in [0.1, 0.15) is 52.7 Å². The number of hydrogen-bond donors (Lipinski definition) is 0. The Morgan fingerprint density at radius 1 is 0.520 bits per heavy atom. The molecule has 6 aromatic rings. The van der Waals surface area contributed by atoms with Crippen molar-refractivity contribution in [1.82, 2.24) is 0 Å². The fourth-order valence-electron chi connectivity index (χ4n) is 7.94. The second-order valence-electron chi connectivity index (χ2n) is 15.8. The fourth-order valence-corrected chi connectivity index (χ4v) is 7.94. The minimum absolute atomic E-state index is 0.0169. The van der Waals surface area contributed by atoms with E-state index in [1.807, 2.05) is 0 Å². The highest BCUT2D eigenvalue weighted by molar-refractivity contribution is 7.00. The molecule has 0 atom stereocenters. The first-order valence-corrected chi connectivity index (χ1v) is 17.6. The van der Waals surface area contributed by atoms with Gasteiger partial charge in [0, 0.05) is 28.4 Å².